The van der Waals surface area contributed by atoms with Gasteiger partial charge in [-0.05, 0) is 31.0 Å². The zero-order chi connectivity index (χ0) is 14.4. The molecule has 0 bridgehead atoms. The summed E-state index contributed by atoms with van der Waals surface area (Å²) in [6, 6.07) is 14.0. The van der Waals surface area contributed by atoms with E-state index >= 15 is 0 Å². The van der Waals surface area contributed by atoms with Crippen LogP contribution in [0.4, 0.5) is 0 Å². The maximum absolute atomic E-state index is 12.3. The molecule has 0 saturated heterocycles. The van der Waals surface area contributed by atoms with Crippen LogP contribution in [-0.2, 0) is 17.8 Å². The summed E-state index contributed by atoms with van der Waals surface area (Å²) in [5, 5.41) is 0. The Morgan fingerprint density at radius 1 is 1.20 bits per heavy atom. The van der Waals surface area contributed by atoms with E-state index in [1.54, 1.807) is 0 Å². The van der Waals surface area contributed by atoms with E-state index in [2.05, 4.69) is 12.1 Å². The highest BCUT2D eigenvalue weighted by molar-refractivity contribution is 7.16. The van der Waals surface area contributed by atoms with Crippen LogP contribution < -0.4 is 0 Å². The zero-order valence-electron chi connectivity index (χ0n) is 11.5. The van der Waals surface area contributed by atoms with Crippen LogP contribution in [0, 0.1) is 0 Å². The van der Waals surface area contributed by atoms with E-state index in [0.717, 1.165) is 22.2 Å². The molecule has 0 atom stereocenters. The molecular formula is C16H18ClNOS. The topological polar surface area (TPSA) is 20.3 Å². The lowest BCUT2D eigenvalue weighted by Gasteiger charge is -2.20. The first-order valence-electron chi connectivity index (χ1n) is 6.75. The van der Waals surface area contributed by atoms with Crippen LogP contribution >= 0.6 is 22.9 Å². The minimum Gasteiger partial charge on any atom is -0.338 e. The quantitative estimate of drug-likeness (QED) is 0.775. The van der Waals surface area contributed by atoms with Gasteiger partial charge in [0.05, 0.1) is 10.9 Å². The summed E-state index contributed by atoms with van der Waals surface area (Å²) in [4.78, 5) is 15.3. The third kappa shape index (κ3) is 4.36. The van der Waals surface area contributed by atoms with Crippen molar-refractivity contribution < 1.29 is 4.79 Å². The molecule has 1 amide bonds. The molecule has 0 N–H and O–H groups in total. The lowest BCUT2D eigenvalue weighted by Crippen LogP contribution is -2.30. The van der Waals surface area contributed by atoms with Crippen LogP contribution in [0.1, 0.15) is 23.8 Å². The molecule has 20 heavy (non-hydrogen) atoms. The second-order valence-corrected chi connectivity index (χ2v) is 6.40. The number of aryl methyl sites for hydroxylation is 1. The minimum atomic E-state index is 0.195. The van der Waals surface area contributed by atoms with Crippen molar-refractivity contribution in [1.29, 1.82) is 0 Å². The predicted molar refractivity (Wildman–Crippen MR) is 85.2 cm³/mol. The Hall–Kier alpha value is -1.32. The fourth-order valence-electron chi connectivity index (χ4n) is 2.06. The number of carbonyl (C=O) groups excluding carboxylic acids is 1. The molecule has 2 nitrogen and oxygen atoms in total. The van der Waals surface area contributed by atoms with E-state index in [9.17, 15) is 4.79 Å². The van der Waals surface area contributed by atoms with Gasteiger partial charge in [-0.3, -0.25) is 4.79 Å². The van der Waals surface area contributed by atoms with Crippen LogP contribution in [0.2, 0.25) is 4.34 Å². The number of rotatable bonds is 6. The SMILES string of the molecule is CCN(Cc1ccc(Cl)s1)C(=O)CCc1ccccc1. The normalized spacial score (nSPS) is 10.5. The Labute approximate surface area is 129 Å². The van der Waals surface area contributed by atoms with Crippen molar-refractivity contribution in [2.24, 2.45) is 0 Å². The molecule has 0 saturated carbocycles. The average molecular weight is 308 g/mol. The standard InChI is InChI=1S/C16H18ClNOS/c1-2-18(12-14-9-10-15(17)20-14)16(19)11-8-13-6-4-3-5-7-13/h3-7,9-10H,2,8,11-12H2,1H3. The van der Waals surface area contributed by atoms with Gasteiger partial charge in [0.15, 0.2) is 0 Å². The molecular weight excluding hydrogens is 290 g/mol. The molecule has 1 heterocycles. The fraction of sp³-hybridized carbons (Fsp3) is 0.312. The highest BCUT2D eigenvalue weighted by atomic mass is 35.5. The fourth-order valence-corrected chi connectivity index (χ4v) is 3.16. The zero-order valence-corrected chi connectivity index (χ0v) is 13.1. The number of hydrogen-bond acceptors (Lipinski definition) is 2. The van der Waals surface area contributed by atoms with E-state index < -0.39 is 0 Å². The van der Waals surface area contributed by atoms with Crippen molar-refractivity contribution in [1.82, 2.24) is 4.90 Å². The first-order chi connectivity index (χ1) is 9.69. The van der Waals surface area contributed by atoms with Gasteiger partial charge in [-0.2, -0.15) is 0 Å². The summed E-state index contributed by atoms with van der Waals surface area (Å²) in [5.74, 6) is 0.195. The van der Waals surface area contributed by atoms with Crippen molar-refractivity contribution in [2.45, 2.75) is 26.3 Å². The van der Waals surface area contributed by atoms with Gasteiger partial charge in [-0.15, -0.1) is 11.3 Å². The van der Waals surface area contributed by atoms with Crippen molar-refractivity contribution in [3.05, 3.63) is 57.2 Å². The molecule has 2 rings (SSSR count). The van der Waals surface area contributed by atoms with Gasteiger partial charge in [0.25, 0.3) is 0 Å². The van der Waals surface area contributed by atoms with Gasteiger partial charge < -0.3 is 4.90 Å². The highest BCUT2D eigenvalue weighted by Gasteiger charge is 2.13. The molecule has 0 aliphatic carbocycles. The van der Waals surface area contributed by atoms with Gasteiger partial charge in [0.1, 0.15) is 0 Å². The Balaban J connectivity index is 1.89. The predicted octanol–water partition coefficient (Wildman–Crippen LogP) is 4.38. The van der Waals surface area contributed by atoms with Gasteiger partial charge in [-0.1, -0.05) is 41.9 Å². The second kappa shape index (κ2) is 7.46. The van der Waals surface area contributed by atoms with E-state index in [0.29, 0.717) is 13.0 Å². The maximum atomic E-state index is 12.3. The number of amides is 1. The lowest BCUT2D eigenvalue weighted by atomic mass is 10.1. The molecule has 1 aromatic carbocycles. The molecule has 0 radical (unpaired) electrons. The highest BCUT2D eigenvalue weighted by Crippen LogP contribution is 2.23. The summed E-state index contributed by atoms with van der Waals surface area (Å²) in [6.07, 6.45) is 1.35. The van der Waals surface area contributed by atoms with Gasteiger partial charge >= 0.3 is 0 Å². The van der Waals surface area contributed by atoms with Crippen LogP contribution in [0.5, 0.6) is 0 Å². The largest absolute Gasteiger partial charge is 0.338 e. The summed E-state index contributed by atoms with van der Waals surface area (Å²) in [6.45, 7) is 3.39. The number of benzene rings is 1. The van der Waals surface area contributed by atoms with E-state index in [1.165, 1.54) is 16.9 Å². The lowest BCUT2D eigenvalue weighted by molar-refractivity contribution is -0.131. The van der Waals surface area contributed by atoms with Crippen molar-refractivity contribution in [3.8, 4) is 0 Å². The molecule has 0 unspecified atom stereocenters. The first kappa shape index (κ1) is 15.1. The molecule has 0 spiro atoms. The molecule has 0 aliphatic heterocycles. The number of thiophene rings is 1. The van der Waals surface area contributed by atoms with Crippen molar-refractivity contribution >= 4 is 28.8 Å². The average Bonchev–Trinajstić information content (AvgIpc) is 2.88. The Morgan fingerprint density at radius 3 is 2.55 bits per heavy atom. The molecule has 4 heteroatoms. The summed E-state index contributed by atoms with van der Waals surface area (Å²) < 4.78 is 0.771. The smallest absolute Gasteiger partial charge is 0.223 e. The van der Waals surface area contributed by atoms with Gasteiger partial charge in [0.2, 0.25) is 5.91 Å². The summed E-state index contributed by atoms with van der Waals surface area (Å²) in [5.41, 5.74) is 1.20. The molecule has 0 fully saturated rings. The number of nitrogens with zero attached hydrogens (tertiary/aromatic N) is 1. The molecule has 106 valence electrons. The number of hydrogen-bond donors (Lipinski definition) is 0. The van der Waals surface area contributed by atoms with Crippen LogP contribution in [0.25, 0.3) is 0 Å². The number of carbonyl (C=O) groups is 1. The third-order valence-corrected chi connectivity index (χ3v) is 4.40. The molecule has 2 aromatic rings. The maximum Gasteiger partial charge on any atom is 0.223 e. The van der Waals surface area contributed by atoms with Gasteiger partial charge in [0, 0.05) is 17.8 Å². The van der Waals surface area contributed by atoms with Crippen molar-refractivity contribution in [2.75, 3.05) is 6.54 Å². The molecule has 1 aromatic heterocycles. The first-order valence-corrected chi connectivity index (χ1v) is 7.94. The monoisotopic (exact) mass is 307 g/mol. The Bertz CT molecular complexity index is 553. The summed E-state index contributed by atoms with van der Waals surface area (Å²) in [7, 11) is 0. The Kier molecular flexibility index (Phi) is 5.62. The Morgan fingerprint density at radius 2 is 1.95 bits per heavy atom. The van der Waals surface area contributed by atoms with Gasteiger partial charge in [-0.25, -0.2) is 0 Å². The second-order valence-electron chi connectivity index (χ2n) is 4.60. The van der Waals surface area contributed by atoms with Crippen LogP contribution in [0.15, 0.2) is 42.5 Å². The minimum absolute atomic E-state index is 0.195. The third-order valence-electron chi connectivity index (χ3n) is 3.18. The van der Waals surface area contributed by atoms with Crippen LogP contribution in [-0.4, -0.2) is 17.4 Å². The van der Waals surface area contributed by atoms with E-state index in [1.807, 2.05) is 42.2 Å². The van der Waals surface area contributed by atoms with E-state index in [4.69, 9.17) is 11.6 Å². The van der Waals surface area contributed by atoms with Crippen LogP contribution in [0.3, 0.4) is 0 Å². The van der Waals surface area contributed by atoms with E-state index in [-0.39, 0.29) is 5.91 Å². The summed E-state index contributed by atoms with van der Waals surface area (Å²) >= 11 is 7.46. The van der Waals surface area contributed by atoms with Crippen molar-refractivity contribution in [3.63, 3.8) is 0 Å². The number of halogens is 1. The molecule has 0 aliphatic rings.